The topological polar surface area (TPSA) is 97.2 Å². The van der Waals surface area contributed by atoms with Crippen molar-refractivity contribution in [3.05, 3.63) is 64.8 Å². The molecule has 0 unspecified atom stereocenters. The van der Waals surface area contributed by atoms with Crippen molar-refractivity contribution in [1.82, 2.24) is 19.1 Å². The first-order valence-electron chi connectivity index (χ1n) is 12.0. The summed E-state index contributed by atoms with van der Waals surface area (Å²) in [7, 11) is -3.60. The first-order chi connectivity index (χ1) is 17.1. The van der Waals surface area contributed by atoms with Crippen LogP contribution >= 0.6 is 11.3 Å². The van der Waals surface area contributed by atoms with Crippen molar-refractivity contribution < 1.29 is 13.2 Å². The minimum absolute atomic E-state index is 0.179. The zero-order valence-corrected chi connectivity index (χ0v) is 22.8. The molecule has 2 aromatic heterocycles. The number of carbonyl (C=O) groups excluding carboxylic acids is 1. The molecule has 36 heavy (non-hydrogen) atoms. The highest BCUT2D eigenvalue weighted by Gasteiger charge is 2.23. The highest BCUT2D eigenvalue weighted by Crippen LogP contribution is 2.30. The lowest BCUT2D eigenvalue weighted by Crippen LogP contribution is -2.31. The molecule has 0 aliphatic rings. The van der Waals surface area contributed by atoms with Gasteiger partial charge >= 0.3 is 0 Å². The fourth-order valence-electron chi connectivity index (χ4n) is 4.08. The third kappa shape index (κ3) is 5.21. The van der Waals surface area contributed by atoms with Crippen LogP contribution in [-0.2, 0) is 10.0 Å². The molecular weight excluding hydrogens is 494 g/mol. The molecule has 2 aromatic carbocycles. The number of nitrogens with one attached hydrogen (secondary N) is 1. The van der Waals surface area contributed by atoms with Crippen molar-refractivity contribution in [2.75, 3.05) is 18.4 Å². The fraction of sp³-hybridized carbons (Fsp3) is 0.346. The number of anilines is 1. The molecular formula is C26H31N5O3S2. The summed E-state index contributed by atoms with van der Waals surface area (Å²) in [5.41, 5.74) is 4.27. The first-order valence-corrected chi connectivity index (χ1v) is 14.3. The Bertz CT molecular complexity index is 1500. The van der Waals surface area contributed by atoms with Crippen molar-refractivity contribution in [2.45, 2.75) is 52.4 Å². The number of aromatic nitrogens is 3. The maximum absolute atomic E-state index is 13.0. The van der Waals surface area contributed by atoms with Gasteiger partial charge in [0.15, 0.2) is 0 Å². The summed E-state index contributed by atoms with van der Waals surface area (Å²) in [5, 5.41) is 8.11. The van der Waals surface area contributed by atoms with Crippen LogP contribution in [0.5, 0.6) is 0 Å². The highest BCUT2D eigenvalue weighted by atomic mass is 32.2. The van der Waals surface area contributed by atoms with E-state index in [0.717, 1.165) is 34.3 Å². The molecule has 0 atom stereocenters. The molecule has 10 heteroatoms. The summed E-state index contributed by atoms with van der Waals surface area (Å²) in [6.07, 6.45) is 1.71. The maximum atomic E-state index is 13.0. The second-order valence-corrected chi connectivity index (χ2v) is 11.8. The largest absolute Gasteiger partial charge is 0.306 e. The van der Waals surface area contributed by atoms with Gasteiger partial charge in [-0.05, 0) is 68.7 Å². The number of rotatable bonds is 9. The standard InChI is InChI=1S/C26H31N5O3S2/c1-6-8-13-30(7-2)36(33,34)21-11-9-20(10-12-21)25(32)27-23-16-19(5)29-31(23)26-28-24-18(4)14-17(3)15-22(24)35-26/h9-12,14-16H,6-8,13H2,1-5H3,(H,27,32). The van der Waals surface area contributed by atoms with Gasteiger partial charge in [-0.1, -0.05) is 37.7 Å². The van der Waals surface area contributed by atoms with Crippen LogP contribution in [0.25, 0.3) is 15.3 Å². The van der Waals surface area contributed by atoms with Crippen LogP contribution in [0.1, 0.15) is 53.9 Å². The molecule has 4 rings (SSSR count). The van der Waals surface area contributed by atoms with E-state index in [1.165, 1.54) is 45.5 Å². The second-order valence-electron chi connectivity index (χ2n) is 8.84. The van der Waals surface area contributed by atoms with Crippen LogP contribution in [0.3, 0.4) is 0 Å². The van der Waals surface area contributed by atoms with Gasteiger partial charge in [0.2, 0.25) is 15.2 Å². The van der Waals surface area contributed by atoms with E-state index in [-0.39, 0.29) is 10.8 Å². The van der Waals surface area contributed by atoms with Crippen molar-refractivity contribution in [2.24, 2.45) is 0 Å². The van der Waals surface area contributed by atoms with Crippen LogP contribution in [0.15, 0.2) is 47.4 Å². The summed E-state index contributed by atoms with van der Waals surface area (Å²) in [4.78, 5) is 18.0. The van der Waals surface area contributed by atoms with Crippen molar-refractivity contribution >= 4 is 43.3 Å². The van der Waals surface area contributed by atoms with Crippen molar-refractivity contribution in [1.29, 1.82) is 0 Å². The normalized spacial score (nSPS) is 11.9. The Balaban J connectivity index is 1.57. The second kappa shape index (κ2) is 10.5. The van der Waals surface area contributed by atoms with Gasteiger partial charge in [-0.15, -0.1) is 0 Å². The minimum atomic E-state index is -3.60. The van der Waals surface area contributed by atoms with E-state index < -0.39 is 10.0 Å². The van der Waals surface area contributed by atoms with Gasteiger partial charge in [0.25, 0.3) is 5.91 Å². The van der Waals surface area contributed by atoms with Crippen LogP contribution < -0.4 is 5.32 Å². The van der Waals surface area contributed by atoms with E-state index in [4.69, 9.17) is 4.98 Å². The van der Waals surface area contributed by atoms with Crippen LogP contribution in [0, 0.1) is 20.8 Å². The van der Waals surface area contributed by atoms with Crippen LogP contribution in [-0.4, -0.2) is 46.5 Å². The summed E-state index contributed by atoms with van der Waals surface area (Å²) >= 11 is 1.51. The van der Waals surface area contributed by atoms with Gasteiger partial charge in [-0.2, -0.15) is 14.1 Å². The Kier molecular flexibility index (Phi) is 7.58. The number of hydrogen-bond donors (Lipinski definition) is 1. The summed E-state index contributed by atoms with van der Waals surface area (Å²) in [5.74, 6) is 0.144. The molecule has 8 nitrogen and oxygen atoms in total. The van der Waals surface area contributed by atoms with Gasteiger partial charge in [-0.3, -0.25) is 4.79 Å². The predicted molar refractivity (Wildman–Crippen MR) is 145 cm³/mol. The number of nitrogens with zero attached hydrogens (tertiary/aromatic N) is 4. The number of amides is 1. The van der Waals surface area contributed by atoms with E-state index in [9.17, 15) is 13.2 Å². The number of unbranched alkanes of at least 4 members (excludes halogenated alkanes) is 1. The Hall–Kier alpha value is -3.08. The lowest BCUT2D eigenvalue weighted by atomic mass is 10.1. The Labute approximate surface area is 216 Å². The number of carbonyl (C=O) groups is 1. The number of aryl methyl sites for hydroxylation is 3. The summed E-state index contributed by atoms with van der Waals surface area (Å²) in [6, 6.07) is 12.0. The molecule has 0 aliphatic carbocycles. The molecule has 190 valence electrons. The maximum Gasteiger partial charge on any atom is 0.256 e. The average molecular weight is 526 g/mol. The quantitative estimate of drug-likeness (QED) is 0.313. The molecule has 2 heterocycles. The van der Waals surface area contributed by atoms with Crippen molar-refractivity contribution in [3.8, 4) is 5.13 Å². The Morgan fingerprint density at radius 1 is 1.08 bits per heavy atom. The molecule has 0 spiro atoms. The van der Waals surface area contributed by atoms with Crippen LogP contribution in [0.2, 0.25) is 0 Å². The Morgan fingerprint density at radius 3 is 2.47 bits per heavy atom. The third-order valence-electron chi connectivity index (χ3n) is 5.94. The van der Waals surface area contributed by atoms with Gasteiger partial charge in [-0.25, -0.2) is 13.4 Å². The predicted octanol–water partition coefficient (Wildman–Crippen LogP) is 5.47. The van der Waals surface area contributed by atoms with Gasteiger partial charge in [0, 0.05) is 24.7 Å². The van der Waals surface area contributed by atoms with Gasteiger partial charge < -0.3 is 5.32 Å². The van der Waals surface area contributed by atoms with E-state index >= 15 is 0 Å². The molecule has 0 aliphatic heterocycles. The number of benzene rings is 2. The monoisotopic (exact) mass is 525 g/mol. The first kappa shape index (κ1) is 26.0. The van der Waals surface area contributed by atoms with Crippen molar-refractivity contribution in [3.63, 3.8) is 0 Å². The molecule has 0 saturated heterocycles. The zero-order valence-electron chi connectivity index (χ0n) is 21.2. The fourth-order valence-corrected chi connectivity index (χ4v) is 6.68. The molecule has 1 amide bonds. The number of hydrogen-bond acceptors (Lipinski definition) is 6. The molecule has 0 fully saturated rings. The van der Waals surface area contributed by atoms with Crippen LogP contribution in [0.4, 0.5) is 5.82 Å². The number of thiazole rings is 1. The van der Waals surface area contributed by atoms with E-state index in [2.05, 4.69) is 29.5 Å². The lowest BCUT2D eigenvalue weighted by Gasteiger charge is -2.20. The lowest BCUT2D eigenvalue weighted by molar-refractivity contribution is 0.102. The molecule has 0 saturated carbocycles. The zero-order chi connectivity index (χ0) is 26.0. The van der Waals surface area contributed by atoms with E-state index in [1.54, 1.807) is 10.7 Å². The highest BCUT2D eigenvalue weighted by molar-refractivity contribution is 7.89. The number of sulfonamides is 1. The van der Waals surface area contributed by atoms with Gasteiger partial charge in [0.1, 0.15) is 5.82 Å². The van der Waals surface area contributed by atoms with E-state index in [1.807, 2.05) is 27.7 Å². The SMILES string of the molecule is CCCCN(CC)S(=O)(=O)c1ccc(C(=O)Nc2cc(C)nn2-c2nc3c(C)cc(C)cc3s2)cc1. The molecule has 4 aromatic rings. The molecule has 0 radical (unpaired) electrons. The number of fused-ring (bicyclic) bond motifs is 1. The summed E-state index contributed by atoms with van der Waals surface area (Å²) < 4.78 is 30.1. The molecule has 0 bridgehead atoms. The molecule has 1 N–H and O–H groups in total. The van der Waals surface area contributed by atoms with E-state index in [0.29, 0.717) is 29.6 Å². The van der Waals surface area contributed by atoms with Gasteiger partial charge in [0.05, 0.1) is 20.8 Å². The minimum Gasteiger partial charge on any atom is -0.306 e. The third-order valence-corrected chi connectivity index (χ3v) is 8.91. The summed E-state index contributed by atoms with van der Waals surface area (Å²) in [6.45, 7) is 10.7. The average Bonchev–Trinajstić information content (AvgIpc) is 3.42. The smallest absolute Gasteiger partial charge is 0.256 e. The Morgan fingerprint density at radius 2 is 1.81 bits per heavy atom.